The van der Waals surface area contributed by atoms with Gasteiger partial charge in [-0.2, -0.15) is 0 Å². The first-order valence-corrected chi connectivity index (χ1v) is 8.46. The van der Waals surface area contributed by atoms with Gasteiger partial charge in [0.25, 0.3) is 0 Å². The normalized spacial score (nSPS) is 13.0. The molecule has 0 aromatic heterocycles. The molecular weight excluding hydrogens is 424 g/mol. The molecule has 82 valence electrons. The van der Waals surface area contributed by atoms with Crippen LogP contribution < -0.4 is 37.2 Å². The summed E-state index contributed by atoms with van der Waals surface area (Å²) in [5, 5.41) is 0. The Labute approximate surface area is 140 Å². The van der Waals surface area contributed by atoms with Gasteiger partial charge in [-0.25, -0.2) is 0 Å². The van der Waals surface area contributed by atoms with E-state index in [1.165, 1.54) is 0 Å². The van der Waals surface area contributed by atoms with Crippen molar-refractivity contribution < 1.29 is 37.2 Å². The van der Waals surface area contributed by atoms with E-state index in [0.29, 0.717) is 0 Å². The molecule has 0 atom stereocenters. The van der Waals surface area contributed by atoms with Crippen LogP contribution in [-0.4, -0.2) is 20.9 Å². The summed E-state index contributed by atoms with van der Waals surface area (Å²) in [6.07, 6.45) is 0. The number of rotatable bonds is 0. The van der Waals surface area contributed by atoms with Gasteiger partial charge in [0, 0.05) is 0 Å². The second-order valence-electron chi connectivity index (χ2n) is 1.19. The van der Waals surface area contributed by atoms with Crippen LogP contribution in [0.1, 0.15) is 0 Å². The zero-order valence-electron chi connectivity index (χ0n) is 5.30. The van der Waals surface area contributed by atoms with Crippen molar-refractivity contribution in [1.82, 2.24) is 0 Å². The van der Waals surface area contributed by atoms with Crippen LogP contribution in [0.25, 0.3) is 0 Å². The molecule has 0 fully saturated rings. The first-order chi connectivity index (χ1) is 3.51. The Morgan fingerprint density at radius 2 is 0.769 bits per heavy atom. The second-order valence-corrected chi connectivity index (χ2v) is 17.6. The molecule has 0 aliphatic heterocycles. The summed E-state index contributed by atoms with van der Waals surface area (Å²) >= 11 is 36.8. The molecule has 0 radical (unpaired) electrons. The molecule has 0 aliphatic carbocycles. The van der Waals surface area contributed by atoms with Crippen molar-refractivity contribution >= 4 is 101 Å². The summed E-state index contributed by atoms with van der Waals surface area (Å²) in [4.78, 5) is 0. The standard InChI is InChI=1S/CCl7P.Al.3ClH/c2-1(3,4)9(5,6,7)8;;;;/h;;3*1H/q;+3;;;/p-3. The Kier molecular flexibility index (Phi) is 20.6. The molecule has 0 aromatic carbocycles. The molecule has 0 N–H and O–H groups in total. The number of halogens is 10. The molecular formula is CAlCl10P. The fraction of sp³-hybridized carbons (Fsp3) is 1.00. The van der Waals surface area contributed by atoms with Crippen molar-refractivity contribution in [3.8, 4) is 0 Å². The second kappa shape index (κ2) is 8.88. The van der Waals surface area contributed by atoms with Crippen molar-refractivity contribution in [3.63, 3.8) is 0 Å². The molecule has 0 nitrogen and oxygen atoms in total. The molecule has 0 unspecified atom stereocenters. The van der Waals surface area contributed by atoms with Crippen LogP contribution in [0.15, 0.2) is 0 Å². The predicted molar refractivity (Wildman–Crippen MR) is 56.4 cm³/mol. The first kappa shape index (κ1) is 30.2. The minimum Gasteiger partial charge on any atom is -1.00 e. The fourth-order valence-corrected chi connectivity index (χ4v) is 0. The molecule has 0 saturated heterocycles. The SMILES string of the molecule is ClC(Cl)(Cl)P(Cl)(Cl)(Cl)Cl.[Al+3].[Cl-].[Cl-].[Cl-]. The number of hydrogen-bond donors (Lipinski definition) is 0. The van der Waals surface area contributed by atoms with Crippen LogP contribution in [0.2, 0.25) is 0 Å². The maximum Gasteiger partial charge on any atom is 3.00 e. The van der Waals surface area contributed by atoms with Gasteiger partial charge in [0.1, 0.15) is 0 Å². The van der Waals surface area contributed by atoms with E-state index in [4.69, 9.17) is 79.8 Å². The average Bonchev–Trinajstić information content (AvgIpc) is 1.20. The van der Waals surface area contributed by atoms with Gasteiger partial charge >= 0.3 is 105 Å². The average molecular weight is 424 g/mol. The van der Waals surface area contributed by atoms with Gasteiger partial charge in [-0.05, 0) is 0 Å². The third-order valence-electron chi connectivity index (χ3n) is 0.383. The van der Waals surface area contributed by atoms with Crippen LogP contribution in [0.3, 0.4) is 0 Å². The smallest absolute Gasteiger partial charge is 1.00 e. The summed E-state index contributed by atoms with van der Waals surface area (Å²) in [6, 6.07) is 0. The summed E-state index contributed by atoms with van der Waals surface area (Å²) in [7, 11) is 0. The van der Waals surface area contributed by atoms with Crippen molar-refractivity contribution in [3.05, 3.63) is 0 Å². The van der Waals surface area contributed by atoms with Crippen LogP contribution in [0, 0.1) is 0 Å². The zero-order chi connectivity index (χ0) is 7.95. The Morgan fingerprint density at radius 1 is 0.692 bits per heavy atom. The Hall–Kier alpha value is 3.86. The van der Waals surface area contributed by atoms with Gasteiger partial charge in [0.05, 0.1) is 0 Å². The molecule has 0 spiro atoms. The van der Waals surface area contributed by atoms with Gasteiger partial charge in [0.15, 0.2) is 0 Å². The zero-order valence-corrected chi connectivity index (χ0v) is 14.9. The van der Waals surface area contributed by atoms with Crippen LogP contribution in [0.4, 0.5) is 0 Å². The molecule has 0 amide bonds. The summed E-state index contributed by atoms with van der Waals surface area (Å²) in [5.41, 5.74) is 0. The monoisotopic (exact) mass is 420 g/mol. The van der Waals surface area contributed by atoms with E-state index in [2.05, 4.69) is 0 Å². The van der Waals surface area contributed by atoms with Gasteiger partial charge < -0.3 is 37.2 Å². The van der Waals surface area contributed by atoms with E-state index < -0.39 is 7.55 Å². The Bertz CT molecular complexity index is 110. The van der Waals surface area contributed by atoms with Gasteiger partial charge in [-0.1, -0.05) is 0 Å². The van der Waals surface area contributed by atoms with Gasteiger partial charge in [0.2, 0.25) is 0 Å². The molecule has 0 rings (SSSR count). The van der Waals surface area contributed by atoms with E-state index >= 15 is 0 Å². The minimum absolute atomic E-state index is 0. The maximum absolute atomic E-state index is 5.30. The molecule has 0 aromatic rings. The molecule has 13 heavy (non-hydrogen) atoms. The fourth-order valence-electron chi connectivity index (χ4n) is 0. The van der Waals surface area contributed by atoms with Gasteiger partial charge in [-0.15, -0.1) is 0 Å². The summed E-state index contributed by atoms with van der Waals surface area (Å²) in [6.45, 7) is 0. The van der Waals surface area contributed by atoms with E-state index in [9.17, 15) is 0 Å². The third kappa shape index (κ3) is 12.1. The molecule has 0 aliphatic rings. The van der Waals surface area contributed by atoms with Crippen molar-refractivity contribution in [2.24, 2.45) is 0 Å². The van der Waals surface area contributed by atoms with Gasteiger partial charge in [-0.3, -0.25) is 0 Å². The molecule has 0 bridgehead atoms. The molecule has 0 heterocycles. The summed E-state index contributed by atoms with van der Waals surface area (Å²) < 4.78 is -6.15. The van der Waals surface area contributed by atoms with E-state index in [1.54, 1.807) is 0 Å². The van der Waals surface area contributed by atoms with Crippen LogP contribution >= 0.6 is 83.8 Å². The quantitative estimate of drug-likeness (QED) is 0.212. The molecule has 12 heteroatoms. The van der Waals surface area contributed by atoms with E-state index in [0.717, 1.165) is 0 Å². The Morgan fingerprint density at radius 3 is 0.769 bits per heavy atom. The predicted octanol–water partition coefficient (Wildman–Crippen LogP) is -3.89. The number of alkyl halides is 3. The Balaban J connectivity index is -0.0000000533. The van der Waals surface area contributed by atoms with Crippen LogP contribution in [0.5, 0.6) is 0 Å². The molecule has 0 saturated carbocycles. The van der Waals surface area contributed by atoms with E-state index in [1.807, 2.05) is 0 Å². The largest absolute Gasteiger partial charge is 3.00 e. The third-order valence-corrected chi connectivity index (χ3v) is 10.3. The summed E-state index contributed by atoms with van der Waals surface area (Å²) in [5.74, 6) is 0. The van der Waals surface area contributed by atoms with Crippen LogP contribution in [-0.2, 0) is 0 Å². The topological polar surface area (TPSA) is 0 Å². The van der Waals surface area contributed by atoms with Crippen molar-refractivity contribution in [1.29, 1.82) is 0 Å². The minimum atomic E-state index is -4.13. The van der Waals surface area contributed by atoms with E-state index in [-0.39, 0.29) is 54.6 Å². The van der Waals surface area contributed by atoms with Crippen molar-refractivity contribution in [2.75, 3.05) is 0 Å². The van der Waals surface area contributed by atoms with Crippen molar-refractivity contribution in [2.45, 2.75) is 3.53 Å². The number of hydrogen-bond acceptors (Lipinski definition) is 0. The first-order valence-electron chi connectivity index (χ1n) is 1.47. The maximum atomic E-state index is 5.30.